The zero-order chi connectivity index (χ0) is 7.68. The van der Waals surface area contributed by atoms with Crippen molar-refractivity contribution in [1.82, 2.24) is 4.98 Å². The number of benzene rings is 1. The van der Waals surface area contributed by atoms with E-state index in [1.807, 2.05) is 12.3 Å². The number of hydrogen-bond donors (Lipinski definition) is 1. The molecular weight excluding hydrogens is 157 g/mol. The topological polar surface area (TPSA) is 15.8 Å². The van der Waals surface area contributed by atoms with Crippen molar-refractivity contribution in [3.05, 3.63) is 42.9 Å². The van der Waals surface area contributed by atoms with Gasteiger partial charge in [-0.2, -0.15) is 6.42 Å². The van der Waals surface area contributed by atoms with Crippen molar-refractivity contribution in [2.75, 3.05) is 0 Å². The van der Waals surface area contributed by atoms with Crippen LogP contribution in [0.15, 0.2) is 30.5 Å². The molecule has 0 spiro atoms. The van der Waals surface area contributed by atoms with Gasteiger partial charge in [0.15, 0.2) is 0 Å². The quantitative estimate of drug-likeness (QED) is 0.437. The van der Waals surface area contributed by atoms with Crippen LogP contribution in [0.2, 0.25) is 0 Å². The van der Waals surface area contributed by atoms with Crippen LogP contribution in [0.1, 0.15) is 5.56 Å². The molecule has 0 saturated heterocycles. The van der Waals surface area contributed by atoms with Gasteiger partial charge in [-0.3, -0.25) is 0 Å². The first kappa shape index (κ1) is 9.85. The normalized spacial score (nSPS) is 9.75. The van der Waals surface area contributed by atoms with Gasteiger partial charge in [0.2, 0.25) is 0 Å². The summed E-state index contributed by atoms with van der Waals surface area (Å²) in [5.41, 5.74) is 2.49. The number of para-hydroxylation sites is 1. The van der Waals surface area contributed by atoms with Crippen LogP contribution in [0.25, 0.3) is 10.9 Å². The van der Waals surface area contributed by atoms with Gasteiger partial charge in [0.25, 0.3) is 0 Å². The van der Waals surface area contributed by atoms with Crippen LogP contribution >= 0.6 is 0 Å². The zero-order valence-electron chi connectivity index (χ0n) is 7.30. The summed E-state index contributed by atoms with van der Waals surface area (Å²) >= 11 is 0. The zero-order valence-corrected chi connectivity index (χ0v) is 9.30. The Morgan fingerprint density at radius 1 is 1.25 bits per heavy atom. The molecule has 0 bridgehead atoms. The maximum atomic E-state index is 3.86. The van der Waals surface area contributed by atoms with Gasteiger partial charge in [-0.1, -0.05) is 23.8 Å². The number of fused-ring (bicyclic) bond motifs is 1. The van der Waals surface area contributed by atoms with Crippen LogP contribution in [0, 0.1) is 6.92 Å². The maximum Gasteiger partial charge on any atom is 1.00 e. The third-order valence-corrected chi connectivity index (χ3v) is 1.94. The van der Waals surface area contributed by atoms with Crippen molar-refractivity contribution in [2.45, 2.75) is 6.42 Å². The van der Waals surface area contributed by atoms with Crippen LogP contribution in [0.4, 0.5) is 0 Å². The van der Waals surface area contributed by atoms with E-state index in [0.717, 1.165) is 6.42 Å². The number of rotatable bonds is 1. The van der Waals surface area contributed by atoms with Gasteiger partial charge in [0.05, 0.1) is 0 Å². The average molecular weight is 167 g/mol. The SMILES string of the molecule is [CH2-]Cc1c[nH]c2ccccc12.[Na+]. The van der Waals surface area contributed by atoms with Crippen molar-refractivity contribution >= 4 is 10.9 Å². The monoisotopic (exact) mass is 167 g/mol. The average Bonchev–Trinajstić information content (AvgIpc) is 2.47. The summed E-state index contributed by atoms with van der Waals surface area (Å²) in [5.74, 6) is 0. The molecule has 0 radical (unpaired) electrons. The smallest absolute Gasteiger partial charge is 0.361 e. The summed E-state index contributed by atoms with van der Waals surface area (Å²) in [6.07, 6.45) is 2.88. The third kappa shape index (κ3) is 1.58. The first-order chi connectivity index (χ1) is 5.42. The van der Waals surface area contributed by atoms with Crippen molar-refractivity contribution in [3.8, 4) is 0 Å². The molecule has 0 amide bonds. The second-order valence-corrected chi connectivity index (χ2v) is 2.61. The summed E-state index contributed by atoms with van der Waals surface area (Å²) in [6.45, 7) is 3.86. The molecule has 56 valence electrons. The molecule has 1 aromatic heterocycles. The Hall–Kier alpha value is -0.240. The van der Waals surface area contributed by atoms with Gasteiger partial charge in [-0.15, -0.1) is 0 Å². The Labute approximate surface area is 94.5 Å². The third-order valence-electron chi connectivity index (χ3n) is 1.94. The van der Waals surface area contributed by atoms with Crippen LogP contribution in [0.3, 0.4) is 0 Å². The summed E-state index contributed by atoms with van der Waals surface area (Å²) in [7, 11) is 0. The minimum Gasteiger partial charge on any atom is -0.361 e. The minimum atomic E-state index is 0. The van der Waals surface area contributed by atoms with Crippen molar-refractivity contribution in [2.24, 2.45) is 0 Å². The standard InChI is InChI=1S/C10H10N.Na/c1-2-8-7-11-10-6-4-3-5-9(8)10;/h3-7,11H,1-2H2;/q-1;+1. The van der Waals surface area contributed by atoms with Crippen molar-refractivity contribution in [3.63, 3.8) is 0 Å². The Balaban J connectivity index is 0.000000720. The van der Waals surface area contributed by atoms with Crippen LogP contribution in [0.5, 0.6) is 0 Å². The van der Waals surface area contributed by atoms with Gasteiger partial charge in [-0.25, -0.2) is 0 Å². The number of aromatic nitrogens is 1. The Morgan fingerprint density at radius 2 is 2.00 bits per heavy atom. The maximum absolute atomic E-state index is 3.86. The van der Waals surface area contributed by atoms with Gasteiger partial charge in [0.1, 0.15) is 0 Å². The number of H-pyrrole nitrogens is 1. The molecule has 0 fully saturated rings. The van der Waals surface area contributed by atoms with Gasteiger partial charge < -0.3 is 11.9 Å². The summed E-state index contributed by atoms with van der Waals surface area (Å²) in [4.78, 5) is 3.20. The molecule has 0 unspecified atom stereocenters. The van der Waals surface area contributed by atoms with Gasteiger partial charge >= 0.3 is 29.6 Å². The Morgan fingerprint density at radius 3 is 2.75 bits per heavy atom. The summed E-state index contributed by atoms with van der Waals surface area (Å²) in [6, 6.07) is 8.28. The van der Waals surface area contributed by atoms with E-state index in [1.54, 1.807) is 0 Å². The molecular formula is C10H10NNa. The van der Waals surface area contributed by atoms with E-state index >= 15 is 0 Å². The van der Waals surface area contributed by atoms with Crippen LogP contribution in [-0.2, 0) is 6.42 Å². The van der Waals surface area contributed by atoms with Crippen molar-refractivity contribution < 1.29 is 29.6 Å². The van der Waals surface area contributed by atoms with E-state index in [-0.39, 0.29) is 29.6 Å². The second kappa shape index (κ2) is 4.13. The summed E-state index contributed by atoms with van der Waals surface area (Å²) < 4.78 is 0. The first-order valence-electron chi connectivity index (χ1n) is 3.76. The Kier molecular flexibility index (Phi) is 3.39. The number of hydrogen-bond acceptors (Lipinski definition) is 0. The number of aromatic amines is 1. The fourth-order valence-electron chi connectivity index (χ4n) is 1.34. The van der Waals surface area contributed by atoms with E-state index in [1.165, 1.54) is 16.5 Å². The molecule has 1 nitrogen and oxygen atoms in total. The minimum absolute atomic E-state index is 0. The molecule has 1 aromatic carbocycles. The van der Waals surface area contributed by atoms with E-state index in [4.69, 9.17) is 0 Å². The van der Waals surface area contributed by atoms with E-state index in [2.05, 4.69) is 30.1 Å². The fraction of sp³-hybridized carbons (Fsp3) is 0.100. The van der Waals surface area contributed by atoms with Crippen molar-refractivity contribution in [1.29, 1.82) is 0 Å². The van der Waals surface area contributed by atoms with E-state index in [9.17, 15) is 0 Å². The molecule has 1 N–H and O–H groups in total. The molecule has 0 aliphatic rings. The van der Waals surface area contributed by atoms with Gasteiger partial charge in [-0.05, 0) is 11.5 Å². The molecule has 0 atom stereocenters. The molecule has 0 aliphatic carbocycles. The predicted molar refractivity (Wildman–Crippen MR) is 47.4 cm³/mol. The summed E-state index contributed by atoms with van der Waals surface area (Å²) in [5, 5.41) is 1.29. The van der Waals surface area contributed by atoms with E-state index in [0.29, 0.717) is 0 Å². The molecule has 0 aliphatic heterocycles. The number of nitrogens with one attached hydrogen (secondary N) is 1. The second-order valence-electron chi connectivity index (χ2n) is 2.61. The molecule has 0 saturated carbocycles. The predicted octanol–water partition coefficient (Wildman–Crippen LogP) is -0.452. The van der Waals surface area contributed by atoms with Crippen LogP contribution < -0.4 is 29.6 Å². The fourth-order valence-corrected chi connectivity index (χ4v) is 1.34. The molecule has 2 rings (SSSR count). The Bertz CT molecular complexity index is 365. The van der Waals surface area contributed by atoms with Crippen LogP contribution in [-0.4, -0.2) is 4.98 Å². The molecule has 2 heteroatoms. The molecule has 2 aromatic rings. The largest absolute Gasteiger partial charge is 1.00 e. The molecule has 1 heterocycles. The van der Waals surface area contributed by atoms with Gasteiger partial charge in [0, 0.05) is 11.7 Å². The van der Waals surface area contributed by atoms with E-state index < -0.39 is 0 Å². The molecule has 12 heavy (non-hydrogen) atoms. The first-order valence-corrected chi connectivity index (χ1v) is 3.76.